The lowest BCUT2D eigenvalue weighted by Crippen LogP contribution is -2.24. The normalized spacial score (nSPS) is 12.2. The Hall–Kier alpha value is -5.98. The average molecular weight is 785 g/mol. The van der Waals surface area contributed by atoms with Crippen LogP contribution in [0.1, 0.15) is 62.3 Å². The largest absolute Gasteiger partial charge is 0.456 e. The van der Waals surface area contributed by atoms with Crippen LogP contribution in [0.3, 0.4) is 0 Å². The molecule has 0 aliphatic heterocycles. The maximum atomic E-state index is 14.5. The van der Waals surface area contributed by atoms with E-state index in [-0.39, 0.29) is 22.6 Å². The van der Waals surface area contributed by atoms with Crippen LogP contribution in [0.2, 0.25) is 0 Å². The molecule has 0 spiro atoms. The fourth-order valence-electron chi connectivity index (χ4n) is 6.69. The first-order valence-corrected chi connectivity index (χ1v) is 20.0. The zero-order valence-electron chi connectivity index (χ0n) is 31.4. The smallest absolute Gasteiger partial charge is 0.345 e. The zero-order chi connectivity index (χ0) is 39.5. The van der Waals surface area contributed by atoms with Gasteiger partial charge in [0.15, 0.2) is 0 Å². The summed E-state index contributed by atoms with van der Waals surface area (Å²) in [5, 5.41) is 3.18. The van der Waals surface area contributed by atoms with Gasteiger partial charge >= 0.3 is 23.2 Å². The molecule has 12 heteroatoms. The summed E-state index contributed by atoms with van der Waals surface area (Å²) >= 11 is 0. The van der Waals surface area contributed by atoms with Crippen LogP contribution < -0.4 is 11.3 Å². The molecule has 10 nitrogen and oxygen atoms in total. The van der Waals surface area contributed by atoms with Gasteiger partial charge in [0, 0.05) is 22.1 Å². The van der Waals surface area contributed by atoms with Crippen molar-refractivity contribution in [2.75, 3.05) is 0 Å². The number of carbonyl (C=O) groups excluding carboxylic acids is 2. The number of carbonyl (C=O) groups is 2. The number of esters is 2. The lowest BCUT2D eigenvalue weighted by molar-refractivity contribution is 0.00550. The van der Waals surface area contributed by atoms with Crippen LogP contribution in [0.15, 0.2) is 138 Å². The molecule has 4 aromatic heterocycles. The maximum absolute atomic E-state index is 14.5. The first-order valence-electron chi connectivity index (χ1n) is 17.8. The second-order valence-corrected chi connectivity index (χ2v) is 17.2. The molecule has 0 bridgehead atoms. The van der Waals surface area contributed by atoms with Crippen LogP contribution in [0.25, 0.3) is 55.1 Å². The number of rotatable bonds is 7. The number of hydrogen-bond donors (Lipinski definition) is 0. The van der Waals surface area contributed by atoms with E-state index in [0.29, 0.717) is 53.7 Å². The van der Waals surface area contributed by atoms with Crippen molar-refractivity contribution in [1.29, 1.82) is 0 Å². The van der Waals surface area contributed by atoms with E-state index in [0.717, 1.165) is 0 Å². The minimum absolute atomic E-state index is 0.150. The second kappa shape index (κ2) is 13.9. The molecular weight excluding hydrogens is 749 g/mol. The highest BCUT2D eigenvalue weighted by Gasteiger charge is 2.35. The Kier molecular flexibility index (Phi) is 9.21. The molecule has 8 rings (SSSR count). The van der Waals surface area contributed by atoms with Crippen molar-refractivity contribution in [3.05, 3.63) is 141 Å². The second-order valence-electron chi connectivity index (χ2n) is 15.1. The number of ether oxygens (including phenoxy) is 2. The molecule has 56 heavy (non-hydrogen) atoms. The van der Waals surface area contributed by atoms with Crippen molar-refractivity contribution in [2.45, 2.75) is 62.8 Å². The van der Waals surface area contributed by atoms with Crippen LogP contribution in [-0.4, -0.2) is 32.3 Å². The summed E-state index contributed by atoms with van der Waals surface area (Å²) in [6.45, 7) is 10.7. The Bertz CT molecular complexity index is 2760. The molecule has 0 amide bonds. The third-order valence-corrected chi connectivity index (χ3v) is 11.2. The van der Waals surface area contributed by atoms with E-state index in [1.165, 1.54) is 21.6 Å². The summed E-state index contributed by atoms with van der Waals surface area (Å²) in [5.74, 6) is -1.26. The highest BCUT2D eigenvalue weighted by Crippen LogP contribution is 2.50. The van der Waals surface area contributed by atoms with Crippen molar-refractivity contribution >= 4 is 77.3 Å². The maximum Gasteiger partial charge on any atom is 0.345 e. The van der Waals surface area contributed by atoms with Crippen molar-refractivity contribution < 1.29 is 27.9 Å². The minimum atomic E-state index is -0.874. The van der Waals surface area contributed by atoms with Gasteiger partial charge in [-0.15, -0.1) is 0 Å². The molecule has 0 saturated heterocycles. The van der Waals surface area contributed by atoms with E-state index < -0.39 is 34.4 Å². The van der Waals surface area contributed by atoms with E-state index in [9.17, 15) is 19.2 Å². The summed E-state index contributed by atoms with van der Waals surface area (Å²) in [6, 6.07) is 32.4. The molecule has 0 aliphatic carbocycles. The van der Waals surface area contributed by atoms with Crippen LogP contribution in [0, 0.1) is 0 Å². The van der Waals surface area contributed by atoms with Gasteiger partial charge in [0.2, 0.25) is 11.4 Å². The standard InChI is InChI=1S/C44H36N2O8S2/c1-43(2,3)53-41(49)33-31-27-21-13-15-23-29(27)39(47)51-35(31)45(25-17-9-7-10-18-25)37(33)55-56-38-34(42(50)54-44(4,5)6)32-28-22-14-16-24-30(28)40(48)52-36(32)46(38)26-19-11-8-12-20-26/h7-24H,1-6H3. The molecule has 0 unspecified atom stereocenters. The van der Waals surface area contributed by atoms with E-state index in [1.807, 2.05) is 60.7 Å². The van der Waals surface area contributed by atoms with E-state index in [1.54, 1.807) is 99.2 Å². The number of para-hydroxylation sites is 2. The molecule has 0 atom stereocenters. The molecule has 282 valence electrons. The highest BCUT2D eigenvalue weighted by atomic mass is 33.1. The summed E-state index contributed by atoms with van der Waals surface area (Å²) in [5.41, 5.74) is -1.01. The van der Waals surface area contributed by atoms with Gasteiger partial charge in [0.1, 0.15) is 32.4 Å². The molecule has 0 radical (unpaired) electrons. The van der Waals surface area contributed by atoms with E-state index in [2.05, 4.69) is 0 Å². The van der Waals surface area contributed by atoms with Gasteiger partial charge in [-0.1, -0.05) is 72.8 Å². The van der Waals surface area contributed by atoms with Gasteiger partial charge in [-0.2, -0.15) is 0 Å². The molecule has 8 aromatic rings. The first-order chi connectivity index (χ1) is 26.7. The summed E-state index contributed by atoms with van der Waals surface area (Å²) in [7, 11) is 2.34. The zero-order valence-corrected chi connectivity index (χ0v) is 33.0. The molecule has 0 saturated carbocycles. The summed E-state index contributed by atoms with van der Waals surface area (Å²) in [4.78, 5) is 56.1. The van der Waals surface area contributed by atoms with Crippen LogP contribution >= 0.6 is 21.6 Å². The van der Waals surface area contributed by atoms with E-state index in [4.69, 9.17) is 18.3 Å². The number of benzene rings is 4. The van der Waals surface area contributed by atoms with Gasteiger partial charge < -0.3 is 18.3 Å². The molecule has 0 aliphatic rings. The van der Waals surface area contributed by atoms with Gasteiger partial charge in [0.05, 0.1) is 21.5 Å². The fraction of sp³-hybridized carbons (Fsp3) is 0.182. The Morgan fingerprint density at radius 1 is 0.500 bits per heavy atom. The number of hydrogen-bond acceptors (Lipinski definition) is 10. The molecule has 0 N–H and O–H groups in total. The van der Waals surface area contributed by atoms with E-state index >= 15 is 0 Å². The Labute approximate surface area is 328 Å². The predicted molar refractivity (Wildman–Crippen MR) is 221 cm³/mol. The van der Waals surface area contributed by atoms with Crippen molar-refractivity contribution in [3.63, 3.8) is 0 Å². The third kappa shape index (κ3) is 6.58. The van der Waals surface area contributed by atoms with Crippen LogP contribution in [0.5, 0.6) is 0 Å². The molecule has 4 aromatic carbocycles. The monoisotopic (exact) mass is 784 g/mol. The third-order valence-electron chi connectivity index (χ3n) is 8.81. The average Bonchev–Trinajstić information content (AvgIpc) is 3.66. The van der Waals surface area contributed by atoms with Crippen molar-refractivity contribution in [1.82, 2.24) is 9.13 Å². The Morgan fingerprint density at radius 3 is 1.16 bits per heavy atom. The van der Waals surface area contributed by atoms with Crippen molar-refractivity contribution in [3.8, 4) is 11.4 Å². The Balaban J connectivity index is 1.47. The van der Waals surface area contributed by atoms with Crippen LogP contribution in [0.4, 0.5) is 0 Å². The topological polar surface area (TPSA) is 123 Å². The van der Waals surface area contributed by atoms with Gasteiger partial charge in [-0.25, -0.2) is 19.2 Å². The highest BCUT2D eigenvalue weighted by molar-refractivity contribution is 8.76. The molecular formula is C44H36N2O8S2. The fourth-order valence-corrected chi connectivity index (χ4v) is 9.34. The molecule has 4 heterocycles. The van der Waals surface area contributed by atoms with Crippen molar-refractivity contribution in [2.24, 2.45) is 0 Å². The predicted octanol–water partition coefficient (Wildman–Crippen LogP) is 10.5. The number of nitrogens with zero attached hydrogens (tertiary/aromatic N) is 2. The first kappa shape index (κ1) is 37.0. The van der Waals surface area contributed by atoms with Gasteiger partial charge in [-0.05, 0) is 99.5 Å². The SMILES string of the molecule is CC(C)(C)OC(=O)c1c(SSc2c(C(=O)OC(C)(C)C)c3c4ccccc4c(=O)oc3n2-c2ccccc2)n(-c2ccccc2)c2oc(=O)c3ccccc3c12. The minimum Gasteiger partial charge on any atom is -0.456 e. The number of aromatic nitrogens is 2. The quantitative estimate of drug-likeness (QED) is 0.114. The van der Waals surface area contributed by atoms with Gasteiger partial charge in [0.25, 0.3) is 0 Å². The lowest BCUT2D eigenvalue weighted by Gasteiger charge is -2.20. The summed E-state index contributed by atoms with van der Waals surface area (Å²) < 4.78 is 27.7. The number of fused-ring (bicyclic) bond motifs is 6. The van der Waals surface area contributed by atoms with Crippen LogP contribution in [-0.2, 0) is 9.47 Å². The molecule has 0 fully saturated rings. The Morgan fingerprint density at radius 2 is 0.821 bits per heavy atom. The van der Waals surface area contributed by atoms with Gasteiger partial charge in [-0.3, -0.25) is 9.13 Å². The summed E-state index contributed by atoms with van der Waals surface area (Å²) in [6.07, 6.45) is 0. The lowest BCUT2D eigenvalue weighted by atomic mass is 10.1.